The molecule has 52 heavy (non-hydrogen) atoms. The van der Waals surface area contributed by atoms with E-state index in [1.807, 2.05) is 36.4 Å². The Labute approximate surface area is 309 Å². The highest BCUT2D eigenvalue weighted by molar-refractivity contribution is 7.19. The number of nitro groups is 1. The fourth-order valence-corrected chi connectivity index (χ4v) is 9.03. The second-order valence-corrected chi connectivity index (χ2v) is 15.4. The minimum Gasteiger partial charge on any atom is -0.340 e. The van der Waals surface area contributed by atoms with E-state index in [1.165, 1.54) is 30.6 Å². The minimum absolute atomic E-state index is 0.0960. The molecule has 0 aliphatic carbocycles. The van der Waals surface area contributed by atoms with E-state index in [-0.39, 0.29) is 22.4 Å². The first kappa shape index (κ1) is 35.6. The molecule has 0 bridgehead atoms. The van der Waals surface area contributed by atoms with Crippen LogP contribution in [0.2, 0.25) is 0 Å². The Bertz CT molecular complexity index is 2280. The lowest BCUT2D eigenvalue weighted by atomic mass is 9.90. The summed E-state index contributed by atoms with van der Waals surface area (Å²) >= 11 is 1.67. The number of unbranched alkanes of at least 4 members (excludes halogenated alkanes) is 6. The Kier molecular flexibility index (Phi) is 10.6. The molecule has 6 aromatic rings. The lowest BCUT2D eigenvalue weighted by Gasteiger charge is -2.27. The van der Waals surface area contributed by atoms with Crippen LogP contribution in [-0.4, -0.2) is 32.7 Å². The van der Waals surface area contributed by atoms with Gasteiger partial charge < -0.3 is 4.57 Å². The van der Waals surface area contributed by atoms with Gasteiger partial charge in [-0.15, -0.1) is 11.3 Å². The smallest absolute Gasteiger partial charge is 0.270 e. The number of fused-ring (bicyclic) bond motifs is 3. The Morgan fingerprint density at radius 2 is 1.37 bits per heavy atom. The Morgan fingerprint density at radius 3 is 2.12 bits per heavy atom. The van der Waals surface area contributed by atoms with E-state index < -0.39 is 0 Å². The molecule has 8 heteroatoms. The molecule has 1 unspecified atom stereocenters. The number of carbonyl (C=O) groups excluding carboxylic acids is 2. The highest BCUT2D eigenvalue weighted by Crippen LogP contribution is 2.42. The topological polar surface area (TPSA) is 85.4 Å². The summed E-state index contributed by atoms with van der Waals surface area (Å²) in [5.41, 5.74) is 5.44. The van der Waals surface area contributed by atoms with Gasteiger partial charge in [0, 0.05) is 73.3 Å². The maximum absolute atomic E-state index is 13.7. The Balaban J connectivity index is 1.22. The number of hydrogen-bond donors (Lipinski definition) is 0. The van der Waals surface area contributed by atoms with Gasteiger partial charge in [-0.3, -0.25) is 24.6 Å². The van der Waals surface area contributed by atoms with E-state index >= 15 is 0 Å². The first-order chi connectivity index (χ1) is 25.3. The zero-order chi connectivity index (χ0) is 36.4. The molecule has 1 aliphatic heterocycles. The molecular weight excluding hydrogens is 667 g/mol. The number of carbonyl (C=O) groups is 2. The number of aromatic nitrogens is 1. The van der Waals surface area contributed by atoms with Crippen molar-refractivity contribution in [1.29, 1.82) is 0 Å². The molecule has 4 aromatic carbocycles. The molecule has 2 aromatic heterocycles. The number of non-ortho nitro benzene ring substituents is 1. The number of nitro benzene ring substituents is 1. The molecule has 2 amide bonds. The molecule has 0 fully saturated rings. The molecule has 0 spiro atoms. The molecule has 0 saturated carbocycles. The van der Waals surface area contributed by atoms with Gasteiger partial charge in [0.25, 0.3) is 17.5 Å². The summed E-state index contributed by atoms with van der Waals surface area (Å²) in [4.78, 5) is 42.4. The number of amides is 2. The van der Waals surface area contributed by atoms with E-state index in [4.69, 9.17) is 0 Å². The van der Waals surface area contributed by atoms with Gasteiger partial charge in [-0.25, -0.2) is 0 Å². The third-order valence-corrected chi connectivity index (χ3v) is 12.1. The minimum atomic E-state index is -0.317. The predicted octanol–water partition coefficient (Wildman–Crippen LogP) is 12.4. The van der Waals surface area contributed by atoms with Crippen LogP contribution in [0.25, 0.3) is 53.5 Å². The second-order valence-electron chi connectivity index (χ2n) is 14.3. The zero-order valence-electron chi connectivity index (χ0n) is 30.5. The molecule has 3 heterocycles. The second kappa shape index (κ2) is 15.4. The van der Waals surface area contributed by atoms with Crippen molar-refractivity contribution in [3.05, 3.63) is 100 Å². The Morgan fingerprint density at radius 1 is 0.692 bits per heavy atom. The summed E-state index contributed by atoms with van der Waals surface area (Å²) in [6, 6.07) is 25.7. The summed E-state index contributed by atoms with van der Waals surface area (Å²) in [6.07, 6.45) is 11.2. The molecule has 1 aliphatic rings. The van der Waals surface area contributed by atoms with Crippen molar-refractivity contribution in [2.24, 2.45) is 5.92 Å². The van der Waals surface area contributed by atoms with E-state index in [9.17, 15) is 19.7 Å². The average Bonchev–Trinajstić information content (AvgIpc) is 3.77. The fourth-order valence-electron chi connectivity index (χ4n) is 7.98. The van der Waals surface area contributed by atoms with Crippen LogP contribution in [0, 0.1) is 16.0 Å². The maximum atomic E-state index is 13.7. The maximum Gasteiger partial charge on any atom is 0.270 e. The highest BCUT2D eigenvalue weighted by atomic mass is 32.1. The van der Waals surface area contributed by atoms with E-state index in [1.54, 1.807) is 23.5 Å². The number of rotatable bonds is 16. The molecular formula is C44H47N3O4S. The van der Waals surface area contributed by atoms with Crippen molar-refractivity contribution in [3.8, 4) is 20.9 Å². The lowest BCUT2D eigenvalue weighted by molar-refractivity contribution is -0.384. The Hall–Kier alpha value is -4.82. The number of imide groups is 1. The van der Waals surface area contributed by atoms with Crippen molar-refractivity contribution in [1.82, 2.24) is 9.47 Å². The largest absolute Gasteiger partial charge is 0.340 e. The number of nitrogens with zero attached hydrogens (tertiary/aromatic N) is 3. The van der Waals surface area contributed by atoms with Gasteiger partial charge in [0.15, 0.2) is 0 Å². The van der Waals surface area contributed by atoms with Crippen LogP contribution >= 0.6 is 11.3 Å². The quantitative estimate of drug-likeness (QED) is 0.0432. The predicted molar refractivity (Wildman–Crippen MR) is 214 cm³/mol. The van der Waals surface area contributed by atoms with Crippen molar-refractivity contribution in [2.75, 3.05) is 6.54 Å². The third kappa shape index (κ3) is 6.65. The standard InChI is InChI=1S/C44H47N3O4S/c1-4-7-9-10-11-12-25-45-43(48)34-16-13-15-33-32(19-20-35(42(33)34)44(45)49)41-24-23-40(52-41)30-17-21-38-36(26-30)37-27-31(47(50)51)18-22-39(37)46(38)28-29(6-3)14-8-5-2/h13,15-24,26-27,29H,4-12,14,25,28H2,1-3H3. The summed E-state index contributed by atoms with van der Waals surface area (Å²) in [5.74, 6) is 0.123. The van der Waals surface area contributed by atoms with E-state index in [2.05, 4.69) is 55.7 Å². The first-order valence-corrected chi connectivity index (χ1v) is 19.9. The van der Waals surface area contributed by atoms with Crippen molar-refractivity contribution < 1.29 is 14.5 Å². The van der Waals surface area contributed by atoms with Crippen LogP contribution in [0.1, 0.15) is 106 Å². The molecule has 0 radical (unpaired) electrons. The van der Waals surface area contributed by atoms with Crippen molar-refractivity contribution in [3.63, 3.8) is 0 Å². The molecule has 7 nitrogen and oxygen atoms in total. The SMILES string of the molecule is CCCCCCCCN1C(=O)c2cccc3c(-c4ccc(-c5ccc6c(c5)c5cc([N+](=O)[O-])ccc5n6CC(CC)CCCC)s4)ccc(c23)C1=O. The number of benzene rings is 4. The number of hydrogen-bond acceptors (Lipinski definition) is 5. The average molecular weight is 714 g/mol. The molecule has 268 valence electrons. The van der Waals surface area contributed by atoms with Crippen LogP contribution in [-0.2, 0) is 6.54 Å². The van der Waals surface area contributed by atoms with Crippen molar-refractivity contribution in [2.45, 2.75) is 91.5 Å². The van der Waals surface area contributed by atoms with Crippen LogP contribution in [0.15, 0.2) is 78.9 Å². The lowest BCUT2D eigenvalue weighted by Crippen LogP contribution is -2.40. The normalized spacial score (nSPS) is 13.6. The van der Waals surface area contributed by atoms with Gasteiger partial charge in [0.05, 0.1) is 4.92 Å². The zero-order valence-corrected chi connectivity index (χ0v) is 31.3. The van der Waals surface area contributed by atoms with Gasteiger partial charge in [-0.1, -0.05) is 96.4 Å². The van der Waals surface area contributed by atoms with Gasteiger partial charge in [0.1, 0.15) is 0 Å². The van der Waals surface area contributed by atoms with E-state index in [0.717, 1.165) is 98.5 Å². The van der Waals surface area contributed by atoms with Gasteiger partial charge in [0.2, 0.25) is 0 Å². The van der Waals surface area contributed by atoms with Crippen LogP contribution < -0.4 is 0 Å². The molecule has 0 N–H and O–H groups in total. The van der Waals surface area contributed by atoms with Gasteiger partial charge in [-0.2, -0.15) is 0 Å². The van der Waals surface area contributed by atoms with Crippen molar-refractivity contribution >= 4 is 61.4 Å². The molecule has 1 atom stereocenters. The monoisotopic (exact) mass is 713 g/mol. The summed E-state index contributed by atoms with van der Waals surface area (Å²) in [5, 5.41) is 15.4. The summed E-state index contributed by atoms with van der Waals surface area (Å²) in [7, 11) is 0. The van der Waals surface area contributed by atoms with Crippen LogP contribution in [0.4, 0.5) is 5.69 Å². The number of thiophene rings is 1. The van der Waals surface area contributed by atoms with E-state index in [0.29, 0.717) is 23.6 Å². The highest BCUT2D eigenvalue weighted by Gasteiger charge is 2.33. The van der Waals surface area contributed by atoms with Gasteiger partial charge in [-0.05, 0) is 77.7 Å². The fraction of sp³-hybridized carbons (Fsp3) is 0.364. The van der Waals surface area contributed by atoms with Crippen LogP contribution in [0.5, 0.6) is 0 Å². The van der Waals surface area contributed by atoms with Gasteiger partial charge >= 0.3 is 0 Å². The summed E-state index contributed by atoms with van der Waals surface area (Å²) < 4.78 is 2.36. The molecule has 0 saturated heterocycles. The van der Waals surface area contributed by atoms with Crippen LogP contribution in [0.3, 0.4) is 0 Å². The first-order valence-electron chi connectivity index (χ1n) is 19.1. The molecule has 7 rings (SSSR count). The summed E-state index contributed by atoms with van der Waals surface area (Å²) in [6.45, 7) is 8.00. The third-order valence-electron chi connectivity index (χ3n) is 10.9.